The Morgan fingerprint density at radius 3 is 2.29 bits per heavy atom. The van der Waals surface area contributed by atoms with Crippen LogP contribution in [0.1, 0.15) is 50.5 Å². The Labute approximate surface area is 128 Å². The second-order valence-electron chi connectivity index (χ2n) is 6.54. The summed E-state index contributed by atoms with van der Waals surface area (Å²) in [6.07, 6.45) is 8.28. The number of aryl methyl sites for hydroxylation is 1. The van der Waals surface area contributed by atoms with Gasteiger partial charge in [0.2, 0.25) is 10.0 Å². The van der Waals surface area contributed by atoms with Gasteiger partial charge in [-0.1, -0.05) is 37.0 Å². The summed E-state index contributed by atoms with van der Waals surface area (Å²) in [5.41, 5.74) is 1.10. The van der Waals surface area contributed by atoms with Gasteiger partial charge in [-0.15, -0.1) is 0 Å². The Morgan fingerprint density at radius 2 is 1.62 bits per heavy atom. The number of benzene rings is 1. The van der Waals surface area contributed by atoms with Crippen molar-refractivity contribution in [2.24, 2.45) is 5.92 Å². The molecule has 0 radical (unpaired) electrons. The predicted octanol–water partition coefficient (Wildman–Crippen LogP) is 3.73. The van der Waals surface area contributed by atoms with Gasteiger partial charge in [-0.2, -0.15) is 4.31 Å². The zero-order valence-corrected chi connectivity index (χ0v) is 13.6. The van der Waals surface area contributed by atoms with E-state index in [-0.39, 0.29) is 6.04 Å². The fourth-order valence-corrected chi connectivity index (χ4v) is 5.65. The van der Waals surface area contributed by atoms with Gasteiger partial charge in [0.25, 0.3) is 0 Å². The van der Waals surface area contributed by atoms with E-state index in [2.05, 4.69) is 0 Å². The average Bonchev–Trinajstić information content (AvgIpc) is 2.99. The molecule has 2 aliphatic rings. The highest BCUT2D eigenvalue weighted by atomic mass is 32.2. The first-order chi connectivity index (χ1) is 10.1. The molecular weight excluding hydrogens is 282 g/mol. The Hall–Kier alpha value is -0.870. The minimum Gasteiger partial charge on any atom is -0.207 e. The highest BCUT2D eigenvalue weighted by Crippen LogP contribution is 2.37. The first-order valence-corrected chi connectivity index (χ1v) is 9.61. The van der Waals surface area contributed by atoms with Crippen molar-refractivity contribution in [3.05, 3.63) is 29.8 Å². The smallest absolute Gasteiger partial charge is 0.207 e. The van der Waals surface area contributed by atoms with Crippen LogP contribution in [0.25, 0.3) is 0 Å². The molecule has 1 aromatic carbocycles. The molecule has 1 saturated heterocycles. The molecule has 3 rings (SSSR count). The molecule has 0 spiro atoms. The Morgan fingerprint density at radius 1 is 0.952 bits per heavy atom. The van der Waals surface area contributed by atoms with Crippen LogP contribution in [0.15, 0.2) is 29.2 Å². The lowest BCUT2D eigenvalue weighted by Crippen LogP contribution is -2.40. The van der Waals surface area contributed by atoms with E-state index in [9.17, 15) is 8.42 Å². The first-order valence-electron chi connectivity index (χ1n) is 8.17. The summed E-state index contributed by atoms with van der Waals surface area (Å²) in [7, 11) is -3.32. The van der Waals surface area contributed by atoms with Gasteiger partial charge in [-0.25, -0.2) is 8.42 Å². The Kier molecular flexibility index (Phi) is 4.36. The molecule has 1 heterocycles. The maximum Gasteiger partial charge on any atom is 0.243 e. The Bertz CT molecular complexity index is 573. The van der Waals surface area contributed by atoms with Crippen LogP contribution in [0, 0.1) is 12.8 Å². The second-order valence-corrected chi connectivity index (χ2v) is 8.43. The predicted molar refractivity (Wildman–Crippen MR) is 84.7 cm³/mol. The summed E-state index contributed by atoms with van der Waals surface area (Å²) in [6, 6.07) is 7.51. The summed E-state index contributed by atoms with van der Waals surface area (Å²) >= 11 is 0. The molecule has 2 fully saturated rings. The quantitative estimate of drug-likeness (QED) is 0.853. The lowest BCUT2D eigenvalue weighted by atomic mass is 9.83. The molecule has 3 nitrogen and oxygen atoms in total. The van der Waals surface area contributed by atoms with Gasteiger partial charge >= 0.3 is 0 Å². The molecule has 1 aromatic rings. The van der Waals surface area contributed by atoms with Crippen molar-refractivity contribution < 1.29 is 8.42 Å². The van der Waals surface area contributed by atoms with Gasteiger partial charge in [0.15, 0.2) is 0 Å². The Balaban J connectivity index is 1.84. The van der Waals surface area contributed by atoms with Gasteiger partial charge in [0, 0.05) is 12.6 Å². The van der Waals surface area contributed by atoms with Crippen molar-refractivity contribution >= 4 is 10.0 Å². The fraction of sp³-hybridized carbons (Fsp3) is 0.647. The monoisotopic (exact) mass is 307 g/mol. The molecule has 1 atom stereocenters. The van der Waals surface area contributed by atoms with Crippen molar-refractivity contribution in [2.45, 2.75) is 62.8 Å². The van der Waals surface area contributed by atoms with Crippen molar-refractivity contribution in [3.63, 3.8) is 0 Å². The maximum absolute atomic E-state index is 12.9. The molecule has 4 heteroatoms. The van der Waals surface area contributed by atoms with Gasteiger partial charge in [0.1, 0.15) is 0 Å². The van der Waals surface area contributed by atoms with E-state index in [4.69, 9.17) is 0 Å². The van der Waals surface area contributed by atoms with Gasteiger partial charge in [-0.05, 0) is 50.7 Å². The van der Waals surface area contributed by atoms with Crippen LogP contribution >= 0.6 is 0 Å². The van der Waals surface area contributed by atoms with E-state index in [1.807, 2.05) is 19.1 Å². The highest BCUT2D eigenvalue weighted by molar-refractivity contribution is 7.89. The average molecular weight is 307 g/mol. The molecule has 1 aliphatic carbocycles. The van der Waals surface area contributed by atoms with Crippen molar-refractivity contribution in [2.75, 3.05) is 6.54 Å². The van der Waals surface area contributed by atoms with E-state index < -0.39 is 10.0 Å². The molecule has 0 N–H and O–H groups in total. The molecule has 116 valence electrons. The fourth-order valence-electron chi connectivity index (χ4n) is 3.90. The molecule has 1 aliphatic heterocycles. The molecule has 1 saturated carbocycles. The number of hydrogen-bond acceptors (Lipinski definition) is 2. The molecule has 0 bridgehead atoms. The van der Waals surface area contributed by atoms with Crippen LogP contribution in [0.4, 0.5) is 0 Å². The number of nitrogens with zero attached hydrogens (tertiary/aromatic N) is 1. The molecule has 0 aromatic heterocycles. The summed E-state index contributed by atoms with van der Waals surface area (Å²) in [4.78, 5) is 0.454. The van der Waals surface area contributed by atoms with Gasteiger partial charge in [0.05, 0.1) is 4.90 Å². The third kappa shape index (κ3) is 3.02. The molecule has 21 heavy (non-hydrogen) atoms. The lowest BCUT2D eigenvalue weighted by Gasteiger charge is -2.33. The number of sulfonamides is 1. The molecular formula is C17H25NO2S. The summed E-state index contributed by atoms with van der Waals surface area (Å²) in [6.45, 7) is 2.68. The van der Waals surface area contributed by atoms with Crippen LogP contribution in [-0.2, 0) is 10.0 Å². The third-order valence-electron chi connectivity index (χ3n) is 5.07. The molecule has 1 unspecified atom stereocenters. The topological polar surface area (TPSA) is 37.4 Å². The maximum atomic E-state index is 12.9. The lowest BCUT2D eigenvalue weighted by molar-refractivity contribution is 0.226. The van der Waals surface area contributed by atoms with Crippen molar-refractivity contribution in [1.29, 1.82) is 0 Å². The van der Waals surface area contributed by atoms with Gasteiger partial charge < -0.3 is 0 Å². The first kappa shape index (κ1) is 15.0. The minimum absolute atomic E-state index is 0.233. The third-order valence-corrected chi connectivity index (χ3v) is 7.01. The van der Waals surface area contributed by atoms with Crippen LogP contribution in [-0.4, -0.2) is 25.3 Å². The highest BCUT2D eigenvalue weighted by Gasteiger charge is 2.39. The van der Waals surface area contributed by atoms with Crippen molar-refractivity contribution in [1.82, 2.24) is 4.31 Å². The van der Waals surface area contributed by atoms with E-state index in [1.54, 1.807) is 16.4 Å². The van der Waals surface area contributed by atoms with E-state index in [1.165, 1.54) is 32.1 Å². The largest absolute Gasteiger partial charge is 0.243 e. The van der Waals surface area contributed by atoms with E-state index >= 15 is 0 Å². The van der Waals surface area contributed by atoms with E-state index in [0.717, 1.165) is 18.4 Å². The zero-order valence-electron chi connectivity index (χ0n) is 12.8. The molecule has 0 amide bonds. The van der Waals surface area contributed by atoms with Crippen LogP contribution in [0.3, 0.4) is 0 Å². The minimum atomic E-state index is -3.32. The van der Waals surface area contributed by atoms with Crippen LogP contribution < -0.4 is 0 Å². The summed E-state index contributed by atoms with van der Waals surface area (Å²) in [5, 5.41) is 0. The van der Waals surface area contributed by atoms with Gasteiger partial charge in [-0.3, -0.25) is 0 Å². The summed E-state index contributed by atoms with van der Waals surface area (Å²) < 4.78 is 27.6. The van der Waals surface area contributed by atoms with Crippen molar-refractivity contribution in [3.8, 4) is 0 Å². The zero-order chi connectivity index (χ0) is 14.9. The normalized spacial score (nSPS) is 25.3. The number of hydrogen-bond donors (Lipinski definition) is 0. The van der Waals surface area contributed by atoms with E-state index in [0.29, 0.717) is 17.4 Å². The number of rotatable bonds is 3. The second kappa shape index (κ2) is 6.09. The summed E-state index contributed by atoms with van der Waals surface area (Å²) in [5.74, 6) is 0.571. The standard InChI is InChI=1S/C17H25NO2S/c1-14-9-11-16(12-10-14)21(19,20)18-13-5-8-17(18)15-6-3-2-4-7-15/h9-12,15,17H,2-8,13H2,1H3. The van der Waals surface area contributed by atoms with Crippen LogP contribution in [0.2, 0.25) is 0 Å². The SMILES string of the molecule is Cc1ccc(S(=O)(=O)N2CCCC2C2CCCCC2)cc1. The van der Waals surface area contributed by atoms with Crippen LogP contribution in [0.5, 0.6) is 0 Å².